The van der Waals surface area contributed by atoms with Gasteiger partial charge in [-0.25, -0.2) is 0 Å². The summed E-state index contributed by atoms with van der Waals surface area (Å²) >= 11 is 6.66. The van der Waals surface area contributed by atoms with Gasteiger partial charge < -0.3 is 4.43 Å². The number of rotatable bonds is 5. The Morgan fingerprint density at radius 2 is 1.40 bits per heavy atom. The van der Waals surface area contributed by atoms with Gasteiger partial charge in [0.25, 0.3) is 0 Å². The minimum absolute atomic E-state index is 0.0466. The molecule has 0 spiro atoms. The van der Waals surface area contributed by atoms with Crippen LogP contribution in [-0.2, 0) is 4.43 Å². The van der Waals surface area contributed by atoms with E-state index in [0.29, 0.717) is 6.61 Å². The summed E-state index contributed by atoms with van der Waals surface area (Å²) in [4.78, 5) is 0. The van der Waals surface area contributed by atoms with Crippen molar-refractivity contribution in [1.82, 2.24) is 0 Å². The third-order valence-corrected chi connectivity index (χ3v) is 4.45. The van der Waals surface area contributed by atoms with Crippen molar-refractivity contribution in [3.63, 3.8) is 0 Å². The lowest BCUT2D eigenvalue weighted by atomic mass is 9.84. The summed E-state index contributed by atoms with van der Waals surface area (Å²) in [6, 6.07) is 16.9. The third kappa shape index (κ3) is 3.32. The van der Waals surface area contributed by atoms with Crippen LogP contribution in [0.1, 0.15) is 28.2 Å². The van der Waals surface area contributed by atoms with E-state index in [1.165, 1.54) is 22.3 Å². The molecule has 1 atom stereocenters. The molecule has 0 aliphatic heterocycles. The van der Waals surface area contributed by atoms with Crippen LogP contribution in [-0.4, -0.2) is 22.5 Å². The van der Waals surface area contributed by atoms with Crippen LogP contribution in [0.5, 0.6) is 0 Å². The van der Waals surface area contributed by atoms with Crippen LogP contribution in [0, 0.1) is 13.8 Å². The quantitative estimate of drug-likeness (QED) is 0.608. The van der Waals surface area contributed by atoms with Gasteiger partial charge in [-0.2, -0.15) is 0 Å². The fourth-order valence-electron chi connectivity index (χ4n) is 2.68. The summed E-state index contributed by atoms with van der Waals surface area (Å²) in [5, 5.41) is -0.0466. The number of halogens is 1. The molecule has 20 heavy (non-hydrogen) atoms. The van der Waals surface area contributed by atoms with Gasteiger partial charge in [-0.1, -0.05) is 48.5 Å². The van der Waals surface area contributed by atoms with Gasteiger partial charge in [-0.05, 0) is 36.1 Å². The smallest absolute Gasteiger partial charge is 0.146 e. The molecule has 0 saturated heterocycles. The minimum Gasteiger partial charge on any atom is -0.426 e. The molecule has 0 aromatic heterocycles. The Balaban J connectivity index is 2.51. The molecule has 3 heteroatoms. The summed E-state index contributed by atoms with van der Waals surface area (Å²) in [5.41, 5.74) is 5.14. The highest BCUT2D eigenvalue weighted by atomic mass is 35.5. The molecule has 0 aliphatic carbocycles. The average Bonchev–Trinajstić information content (AvgIpc) is 2.43. The lowest BCUT2D eigenvalue weighted by Crippen LogP contribution is -2.21. The molecule has 106 valence electrons. The Labute approximate surface area is 129 Å². The van der Waals surface area contributed by atoms with Gasteiger partial charge in [0.15, 0.2) is 0 Å². The van der Waals surface area contributed by atoms with E-state index < -0.39 is 0 Å². The molecule has 0 saturated carbocycles. The minimum atomic E-state index is -0.0466. The average molecular weight is 305 g/mol. The molecule has 0 fully saturated rings. The molecule has 1 nitrogen and oxygen atoms in total. The highest BCUT2D eigenvalue weighted by Crippen LogP contribution is 2.34. The maximum atomic E-state index is 6.66. The molecule has 0 aliphatic rings. The van der Waals surface area contributed by atoms with Crippen molar-refractivity contribution in [2.24, 2.45) is 0 Å². The van der Waals surface area contributed by atoms with E-state index in [0.717, 1.165) is 10.5 Å². The van der Waals surface area contributed by atoms with Gasteiger partial charge in [0.2, 0.25) is 0 Å². The zero-order chi connectivity index (χ0) is 14.5. The van der Waals surface area contributed by atoms with Crippen LogP contribution in [0.2, 0.25) is 0 Å². The lowest BCUT2D eigenvalue weighted by molar-refractivity contribution is 0.336. The zero-order valence-electron chi connectivity index (χ0n) is 12.3. The maximum absolute atomic E-state index is 6.66. The van der Waals surface area contributed by atoms with Crippen molar-refractivity contribution in [2.45, 2.75) is 25.1 Å². The fraction of sp³-hybridized carbons (Fsp3) is 0.294. The van der Waals surface area contributed by atoms with Gasteiger partial charge >= 0.3 is 0 Å². The molecule has 2 aromatic rings. The van der Waals surface area contributed by atoms with E-state index in [-0.39, 0.29) is 11.3 Å². The molecule has 0 amide bonds. The first kappa shape index (κ1) is 15.3. The summed E-state index contributed by atoms with van der Waals surface area (Å²) in [6.07, 6.45) is 0. The van der Waals surface area contributed by atoms with Crippen LogP contribution in [0.25, 0.3) is 0 Å². The standard InChI is InChI=1S/C17H21ClOSi/c1-12-7-3-5-9-14(12)17(16(18)11-19-20)15-10-6-4-8-13(15)2/h3-10,16-17H,11H2,1-2,20H3. The van der Waals surface area contributed by atoms with Crippen LogP contribution < -0.4 is 0 Å². The summed E-state index contributed by atoms with van der Waals surface area (Å²) in [5.74, 6) is 0.174. The van der Waals surface area contributed by atoms with Crippen LogP contribution in [0.4, 0.5) is 0 Å². The second-order valence-electron chi connectivity index (χ2n) is 5.16. The first-order valence-electron chi connectivity index (χ1n) is 6.89. The Kier molecular flexibility index (Phi) is 5.41. The van der Waals surface area contributed by atoms with Crippen LogP contribution >= 0.6 is 11.6 Å². The second-order valence-corrected chi connectivity index (χ2v) is 6.30. The first-order chi connectivity index (χ1) is 9.65. The monoisotopic (exact) mass is 304 g/mol. The van der Waals surface area contributed by atoms with E-state index in [1.54, 1.807) is 0 Å². The Morgan fingerprint density at radius 1 is 0.950 bits per heavy atom. The summed E-state index contributed by atoms with van der Waals surface area (Å²) in [6.45, 7) is 4.89. The van der Waals surface area contributed by atoms with E-state index in [1.807, 2.05) is 0 Å². The second kappa shape index (κ2) is 7.07. The molecule has 0 radical (unpaired) electrons. The predicted octanol–water partition coefficient (Wildman–Crippen LogP) is 3.34. The predicted molar refractivity (Wildman–Crippen MR) is 89.7 cm³/mol. The number of hydrogen-bond donors (Lipinski definition) is 0. The Bertz CT molecular complexity index is 525. The van der Waals surface area contributed by atoms with E-state index in [2.05, 4.69) is 62.4 Å². The molecule has 1 unspecified atom stereocenters. The SMILES string of the molecule is Cc1ccccc1C(c1ccccc1C)C(Cl)CO[SiH3]. The summed E-state index contributed by atoms with van der Waals surface area (Å²) < 4.78 is 5.41. The lowest BCUT2D eigenvalue weighted by Gasteiger charge is -2.26. The van der Waals surface area contributed by atoms with E-state index in [9.17, 15) is 0 Å². The highest BCUT2D eigenvalue weighted by Gasteiger charge is 2.25. The maximum Gasteiger partial charge on any atom is 0.146 e. The molecular weight excluding hydrogens is 284 g/mol. The van der Waals surface area contributed by atoms with Crippen LogP contribution in [0.3, 0.4) is 0 Å². The van der Waals surface area contributed by atoms with Gasteiger partial charge in [0, 0.05) is 12.5 Å². The highest BCUT2D eigenvalue weighted by molar-refractivity contribution is 6.21. The molecule has 2 rings (SSSR count). The fourth-order valence-corrected chi connectivity index (χ4v) is 3.65. The molecule has 0 bridgehead atoms. The largest absolute Gasteiger partial charge is 0.426 e. The van der Waals surface area contributed by atoms with Gasteiger partial charge in [-0.15, -0.1) is 11.6 Å². The van der Waals surface area contributed by atoms with Crippen molar-refractivity contribution in [3.8, 4) is 0 Å². The van der Waals surface area contributed by atoms with Gasteiger partial charge in [0.05, 0.1) is 5.38 Å². The first-order valence-corrected chi connectivity index (χ1v) is 8.14. The third-order valence-electron chi connectivity index (χ3n) is 3.73. The van der Waals surface area contributed by atoms with Crippen molar-refractivity contribution in [3.05, 3.63) is 70.8 Å². The molecular formula is C17H21ClOSi. The number of aryl methyl sites for hydroxylation is 2. The van der Waals surface area contributed by atoms with Gasteiger partial charge in [0.1, 0.15) is 10.5 Å². The molecule has 2 aromatic carbocycles. The normalized spacial score (nSPS) is 12.8. The Hall–Kier alpha value is -1.09. The molecule has 0 heterocycles. The van der Waals surface area contributed by atoms with E-state index in [4.69, 9.17) is 16.0 Å². The van der Waals surface area contributed by atoms with Gasteiger partial charge in [-0.3, -0.25) is 0 Å². The van der Waals surface area contributed by atoms with Crippen molar-refractivity contribution in [1.29, 1.82) is 0 Å². The van der Waals surface area contributed by atoms with E-state index >= 15 is 0 Å². The van der Waals surface area contributed by atoms with Crippen molar-refractivity contribution < 1.29 is 4.43 Å². The van der Waals surface area contributed by atoms with Crippen LogP contribution in [0.15, 0.2) is 48.5 Å². The molecule has 0 N–H and O–H groups in total. The number of hydrogen-bond acceptors (Lipinski definition) is 1. The summed E-state index contributed by atoms with van der Waals surface area (Å²) in [7, 11) is 0.719. The topological polar surface area (TPSA) is 9.23 Å². The Morgan fingerprint density at radius 3 is 1.80 bits per heavy atom. The van der Waals surface area contributed by atoms with Crippen molar-refractivity contribution >= 4 is 22.1 Å². The van der Waals surface area contributed by atoms with Crippen molar-refractivity contribution in [2.75, 3.05) is 6.61 Å². The number of benzene rings is 2. The zero-order valence-corrected chi connectivity index (χ0v) is 15.0. The number of alkyl halides is 1.